The van der Waals surface area contributed by atoms with E-state index in [0.717, 1.165) is 45.2 Å². The third kappa shape index (κ3) is 4.46. The largest absolute Gasteiger partial charge is 0.369 e. The summed E-state index contributed by atoms with van der Waals surface area (Å²) < 4.78 is 13.7. The molecule has 0 spiro atoms. The third-order valence-corrected chi connectivity index (χ3v) is 7.43. The van der Waals surface area contributed by atoms with Gasteiger partial charge in [0.05, 0.1) is 5.41 Å². The van der Waals surface area contributed by atoms with Crippen LogP contribution in [0.15, 0.2) is 18.2 Å². The van der Waals surface area contributed by atoms with Crippen molar-refractivity contribution < 1.29 is 14.0 Å². The fraction of sp³-hybridized carbons (Fsp3) is 0.652. The highest BCUT2D eigenvalue weighted by Crippen LogP contribution is 2.46. The number of halogens is 1. The zero-order chi connectivity index (χ0) is 21.3. The minimum absolute atomic E-state index is 0.117. The molecule has 2 saturated heterocycles. The zero-order valence-corrected chi connectivity index (χ0v) is 17.8. The van der Waals surface area contributed by atoms with Crippen molar-refractivity contribution in [3.63, 3.8) is 0 Å². The molecule has 0 radical (unpaired) electrons. The quantitative estimate of drug-likeness (QED) is 0.771. The van der Waals surface area contributed by atoms with Gasteiger partial charge in [0.25, 0.3) is 0 Å². The lowest BCUT2D eigenvalue weighted by atomic mass is 9.73. The van der Waals surface area contributed by atoms with Crippen LogP contribution in [0.4, 0.5) is 14.9 Å². The van der Waals surface area contributed by atoms with E-state index in [1.165, 1.54) is 18.9 Å². The van der Waals surface area contributed by atoms with Crippen LogP contribution in [-0.2, 0) is 4.79 Å². The predicted octanol–water partition coefficient (Wildman–Crippen LogP) is 3.50. The maximum absolute atomic E-state index is 13.7. The summed E-state index contributed by atoms with van der Waals surface area (Å²) >= 11 is 0. The van der Waals surface area contributed by atoms with Gasteiger partial charge in [0.15, 0.2) is 0 Å². The fourth-order valence-corrected chi connectivity index (χ4v) is 5.11. The van der Waals surface area contributed by atoms with Gasteiger partial charge in [-0.15, -0.1) is 0 Å². The first-order valence-corrected chi connectivity index (χ1v) is 11.2. The average molecular weight is 417 g/mol. The molecule has 164 valence electrons. The number of piperidine rings is 2. The molecule has 1 aromatic rings. The first-order chi connectivity index (χ1) is 14.4. The van der Waals surface area contributed by atoms with Gasteiger partial charge in [0.1, 0.15) is 5.82 Å². The number of amides is 3. The summed E-state index contributed by atoms with van der Waals surface area (Å²) in [6.45, 7) is 4.86. The molecule has 0 atom stereocenters. The molecular formula is C23H33FN4O2. The third-order valence-electron chi connectivity index (χ3n) is 7.43. The highest BCUT2D eigenvalue weighted by Gasteiger charge is 2.44. The molecule has 6 nitrogen and oxygen atoms in total. The van der Waals surface area contributed by atoms with Gasteiger partial charge in [-0.25, -0.2) is 9.18 Å². The molecule has 3 fully saturated rings. The lowest BCUT2D eigenvalue weighted by molar-refractivity contribution is -0.132. The Morgan fingerprint density at radius 1 is 1.13 bits per heavy atom. The van der Waals surface area contributed by atoms with Gasteiger partial charge in [-0.05, 0) is 70.2 Å². The van der Waals surface area contributed by atoms with Gasteiger partial charge in [-0.3, -0.25) is 4.79 Å². The summed E-state index contributed by atoms with van der Waals surface area (Å²) in [6.07, 6.45) is 7.01. The fourth-order valence-electron chi connectivity index (χ4n) is 5.11. The molecule has 0 unspecified atom stereocenters. The van der Waals surface area contributed by atoms with Crippen LogP contribution in [0.3, 0.4) is 0 Å². The molecule has 2 heterocycles. The minimum Gasteiger partial charge on any atom is -0.369 e. The topological polar surface area (TPSA) is 78.7 Å². The Labute approximate surface area is 178 Å². The van der Waals surface area contributed by atoms with E-state index >= 15 is 0 Å². The number of hydrogen-bond donors (Lipinski definition) is 2. The van der Waals surface area contributed by atoms with E-state index in [1.54, 1.807) is 19.1 Å². The van der Waals surface area contributed by atoms with E-state index in [9.17, 15) is 14.0 Å². The first-order valence-electron chi connectivity index (χ1n) is 11.2. The molecular weight excluding hydrogens is 383 g/mol. The Kier molecular flexibility index (Phi) is 6.00. The van der Waals surface area contributed by atoms with Crippen LogP contribution in [0, 0.1) is 24.1 Å². The van der Waals surface area contributed by atoms with Crippen molar-refractivity contribution in [2.75, 3.05) is 31.5 Å². The summed E-state index contributed by atoms with van der Waals surface area (Å²) in [5, 5.41) is 2.84. The second-order valence-electron chi connectivity index (χ2n) is 9.39. The van der Waals surface area contributed by atoms with Crippen molar-refractivity contribution in [2.24, 2.45) is 17.1 Å². The van der Waals surface area contributed by atoms with E-state index in [1.807, 2.05) is 4.90 Å². The second-order valence-corrected chi connectivity index (χ2v) is 9.39. The molecule has 3 aliphatic rings. The second kappa shape index (κ2) is 8.53. The molecule has 3 N–H and O–H groups in total. The molecule has 1 aliphatic carbocycles. The molecule has 7 heteroatoms. The number of anilines is 1. The minimum atomic E-state index is -0.315. The summed E-state index contributed by atoms with van der Waals surface area (Å²) in [4.78, 5) is 29.1. The van der Waals surface area contributed by atoms with Gasteiger partial charge >= 0.3 is 6.03 Å². The maximum Gasteiger partial charge on any atom is 0.321 e. The van der Waals surface area contributed by atoms with Crippen LogP contribution in [0.2, 0.25) is 0 Å². The predicted molar refractivity (Wildman–Crippen MR) is 115 cm³/mol. The summed E-state index contributed by atoms with van der Waals surface area (Å²) in [6, 6.07) is 5.00. The van der Waals surface area contributed by atoms with Gasteiger partial charge < -0.3 is 20.9 Å². The van der Waals surface area contributed by atoms with E-state index in [0.29, 0.717) is 36.3 Å². The smallest absolute Gasteiger partial charge is 0.321 e. The van der Waals surface area contributed by atoms with Gasteiger partial charge in [0.2, 0.25) is 5.91 Å². The number of rotatable bonds is 5. The Morgan fingerprint density at radius 2 is 1.80 bits per heavy atom. The highest BCUT2D eigenvalue weighted by atomic mass is 19.1. The van der Waals surface area contributed by atoms with Crippen LogP contribution >= 0.6 is 0 Å². The summed E-state index contributed by atoms with van der Waals surface area (Å²) in [5.41, 5.74) is 6.48. The van der Waals surface area contributed by atoms with E-state index in [2.05, 4.69) is 10.2 Å². The van der Waals surface area contributed by atoms with E-state index < -0.39 is 0 Å². The molecule has 1 saturated carbocycles. The van der Waals surface area contributed by atoms with Crippen molar-refractivity contribution in [1.29, 1.82) is 0 Å². The number of primary amides is 1. The molecule has 4 rings (SSSR count). The number of nitrogens with zero attached hydrogens (tertiary/aromatic N) is 2. The van der Waals surface area contributed by atoms with Crippen molar-refractivity contribution in [2.45, 2.75) is 57.9 Å². The number of hydrogen-bond acceptors (Lipinski definition) is 3. The number of urea groups is 1. The SMILES string of the molecule is Cc1c(F)cccc1NC(=O)N1CCC(N2CCC(CC3CC3)(C(N)=O)CC2)CC1. The Hall–Kier alpha value is -2.15. The van der Waals surface area contributed by atoms with Crippen molar-refractivity contribution in [1.82, 2.24) is 9.80 Å². The molecule has 0 bridgehead atoms. The van der Waals surface area contributed by atoms with Crippen LogP contribution in [0.25, 0.3) is 0 Å². The molecule has 3 amide bonds. The summed E-state index contributed by atoms with van der Waals surface area (Å²) in [7, 11) is 0. The van der Waals surface area contributed by atoms with Crippen LogP contribution in [-0.4, -0.2) is 54.0 Å². The number of carbonyl (C=O) groups is 2. The molecule has 1 aromatic carbocycles. The van der Waals surface area contributed by atoms with Crippen LogP contribution < -0.4 is 11.1 Å². The first kappa shape index (κ1) is 21.1. The highest BCUT2D eigenvalue weighted by molar-refractivity contribution is 5.90. The number of likely N-dealkylation sites (tertiary alicyclic amines) is 2. The normalized spacial score (nSPS) is 22.7. The Balaban J connectivity index is 1.27. The summed E-state index contributed by atoms with van der Waals surface area (Å²) in [5.74, 6) is 0.269. The lowest BCUT2D eigenvalue weighted by Crippen LogP contribution is -2.53. The van der Waals surface area contributed by atoms with Crippen molar-refractivity contribution in [3.05, 3.63) is 29.6 Å². The van der Waals surface area contributed by atoms with Gasteiger partial charge in [-0.2, -0.15) is 0 Å². The van der Waals surface area contributed by atoms with Gasteiger partial charge in [0, 0.05) is 30.4 Å². The van der Waals surface area contributed by atoms with Crippen LogP contribution in [0.5, 0.6) is 0 Å². The molecule has 30 heavy (non-hydrogen) atoms. The lowest BCUT2D eigenvalue weighted by Gasteiger charge is -2.45. The van der Waals surface area contributed by atoms with E-state index in [4.69, 9.17) is 5.73 Å². The number of carbonyl (C=O) groups excluding carboxylic acids is 2. The molecule has 0 aromatic heterocycles. The molecule has 2 aliphatic heterocycles. The Bertz CT molecular complexity index is 794. The average Bonchev–Trinajstić information content (AvgIpc) is 3.56. The van der Waals surface area contributed by atoms with E-state index in [-0.39, 0.29) is 23.2 Å². The van der Waals surface area contributed by atoms with Crippen molar-refractivity contribution in [3.8, 4) is 0 Å². The number of nitrogens with two attached hydrogens (primary N) is 1. The van der Waals surface area contributed by atoms with Crippen LogP contribution in [0.1, 0.15) is 50.5 Å². The Morgan fingerprint density at radius 3 is 2.40 bits per heavy atom. The number of benzene rings is 1. The van der Waals surface area contributed by atoms with Crippen molar-refractivity contribution >= 4 is 17.6 Å². The maximum atomic E-state index is 13.7. The van der Waals surface area contributed by atoms with Gasteiger partial charge in [-0.1, -0.05) is 18.9 Å². The zero-order valence-electron chi connectivity index (χ0n) is 17.8. The number of nitrogens with one attached hydrogen (secondary N) is 1. The standard InChI is InChI=1S/C23H33FN4O2/c1-16-19(24)3-2-4-20(16)26-22(30)28-11-7-18(8-12-28)27-13-9-23(10-14-27,21(25)29)15-17-5-6-17/h2-4,17-18H,5-15H2,1H3,(H2,25,29)(H,26,30). The monoisotopic (exact) mass is 416 g/mol.